The van der Waals surface area contributed by atoms with Gasteiger partial charge in [0.15, 0.2) is 0 Å². The van der Waals surface area contributed by atoms with Crippen LogP contribution in [0.15, 0.2) is 30.3 Å². The van der Waals surface area contributed by atoms with Gasteiger partial charge in [0.05, 0.1) is 0 Å². The second-order valence-electron chi connectivity index (χ2n) is 5.67. The highest BCUT2D eigenvalue weighted by atomic mass is 35.5. The quantitative estimate of drug-likeness (QED) is 0.819. The van der Waals surface area contributed by atoms with Gasteiger partial charge in [0.2, 0.25) is 0 Å². The first-order valence-electron chi connectivity index (χ1n) is 6.54. The topological polar surface area (TPSA) is 20.3 Å². The number of carbonyl (C=O) groups excluding carboxylic acids is 1. The molecule has 0 unspecified atom stereocenters. The number of hydrogen-bond acceptors (Lipinski definition) is 2. The molecule has 1 saturated heterocycles. The lowest BCUT2D eigenvalue weighted by Gasteiger charge is -2.52. The molecule has 0 amide bonds. The Hall–Kier alpha value is -0.860. The lowest BCUT2D eigenvalue weighted by molar-refractivity contribution is -0.126. The first kappa shape index (κ1) is 13.6. The van der Waals surface area contributed by atoms with E-state index < -0.39 is 0 Å². The van der Waals surface area contributed by atoms with Gasteiger partial charge in [0, 0.05) is 32.5 Å². The zero-order valence-electron chi connectivity index (χ0n) is 10.6. The van der Waals surface area contributed by atoms with Gasteiger partial charge in [-0.3, -0.25) is 9.69 Å². The minimum absolute atomic E-state index is 0. The molecule has 98 valence electrons. The van der Waals surface area contributed by atoms with Crippen molar-refractivity contribution < 1.29 is 4.79 Å². The van der Waals surface area contributed by atoms with Gasteiger partial charge in [-0.25, -0.2) is 0 Å². The first-order chi connectivity index (χ1) is 8.26. The number of ketones is 1. The van der Waals surface area contributed by atoms with Crippen LogP contribution in [0.5, 0.6) is 0 Å². The number of nitrogens with zero attached hydrogens (tertiary/aromatic N) is 1. The average Bonchev–Trinajstić information content (AvgIpc) is 2.31. The smallest absolute Gasteiger partial charge is 0.132 e. The molecule has 2 fully saturated rings. The number of likely N-dealkylation sites (tertiary alicyclic amines) is 1. The Labute approximate surface area is 115 Å². The molecule has 0 atom stereocenters. The minimum Gasteiger partial charge on any atom is -0.300 e. The monoisotopic (exact) mass is 265 g/mol. The molecule has 3 rings (SSSR count). The maximum absolute atomic E-state index is 11.2. The van der Waals surface area contributed by atoms with Crippen LogP contribution in [0.3, 0.4) is 0 Å². The fourth-order valence-electron chi connectivity index (χ4n) is 3.23. The van der Waals surface area contributed by atoms with Crippen molar-refractivity contribution in [2.75, 3.05) is 13.1 Å². The van der Waals surface area contributed by atoms with Crippen LogP contribution in [-0.4, -0.2) is 23.8 Å². The summed E-state index contributed by atoms with van der Waals surface area (Å²) in [6.07, 6.45) is 3.88. The van der Waals surface area contributed by atoms with Crippen LogP contribution in [0.2, 0.25) is 0 Å². The summed E-state index contributed by atoms with van der Waals surface area (Å²) in [6, 6.07) is 10.6. The highest BCUT2D eigenvalue weighted by molar-refractivity contribution is 5.85. The van der Waals surface area contributed by atoms with E-state index >= 15 is 0 Å². The number of benzene rings is 1. The Morgan fingerprint density at radius 1 is 1.06 bits per heavy atom. The number of Topliss-reactive ketones (excluding diaryl/α,β-unsaturated/α-hetero) is 1. The molecule has 0 aromatic heterocycles. The highest BCUT2D eigenvalue weighted by Crippen LogP contribution is 2.43. The fraction of sp³-hybridized carbons (Fsp3) is 0.533. The average molecular weight is 266 g/mol. The van der Waals surface area contributed by atoms with E-state index in [4.69, 9.17) is 0 Å². The van der Waals surface area contributed by atoms with E-state index in [-0.39, 0.29) is 12.4 Å². The lowest BCUT2D eigenvalue weighted by atomic mass is 9.68. The molecule has 2 nitrogen and oxygen atoms in total. The number of rotatable bonds is 2. The number of carbonyl (C=O) groups is 1. The van der Waals surface area contributed by atoms with Crippen molar-refractivity contribution in [3.63, 3.8) is 0 Å². The van der Waals surface area contributed by atoms with Gasteiger partial charge in [0.1, 0.15) is 5.78 Å². The summed E-state index contributed by atoms with van der Waals surface area (Å²) < 4.78 is 0. The molecule has 1 aromatic rings. The van der Waals surface area contributed by atoms with E-state index in [0.717, 1.165) is 32.2 Å². The van der Waals surface area contributed by atoms with Gasteiger partial charge in [-0.15, -0.1) is 12.4 Å². The van der Waals surface area contributed by atoms with Crippen LogP contribution >= 0.6 is 12.4 Å². The summed E-state index contributed by atoms with van der Waals surface area (Å²) in [7, 11) is 0. The van der Waals surface area contributed by atoms with E-state index in [1.165, 1.54) is 18.7 Å². The van der Waals surface area contributed by atoms with E-state index in [1.807, 2.05) is 0 Å². The van der Waals surface area contributed by atoms with Crippen molar-refractivity contribution in [3.05, 3.63) is 35.9 Å². The summed E-state index contributed by atoms with van der Waals surface area (Å²) in [5.41, 5.74) is 1.89. The zero-order chi connectivity index (χ0) is 11.7. The molecule has 0 radical (unpaired) electrons. The largest absolute Gasteiger partial charge is 0.300 e. The Bertz CT molecular complexity index is 400. The van der Waals surface area contributed by atoms with Crippen molar-refractivity contribution in [2.45, 2.75) is 32.2 Å². The van der Waals surface area contributed by atoms with Gasteiger partial charge in [0.25, 0.3) is 0 Å². The van der Waals surface area contributed by atoms with E-state index in [1.54, 1.807) is 0 Å². The highest BCUT2D eigenvalue weighted by Gasteiger charge is 2.44. The van der Waals surface area contributed by atoms with Crippen molar-refractivity contribution in [1.82, 2.24) is 4.90 Å². The van der Waals surface area contributed by atoms with Crippen molar-refractivity contribution in [3.8, 4) is 0 Å². The van der Waals surface area contributed by atoms with Gasteiger partial charge < -0.3 is 0 Å². The second kappa shape index (κ2) is 5.41. The molecule has 0 N–H and O–H groups in total. The van der Waals surface area contributed by atoms with Gasteiger partial charge in [-0.2, -0.15) is 0 Å². The normalized spacial score (nSPS) is 22.3. The van der Waals surface area contributed by atoms with Gasteiger partial charge in [-0.05, 0) is 23.8 Å². The van der Waals surface area contributed by atoms with Crippen LogP contribution in [0.1, 0.15) is 31.2 Å². The van der Waals surface area contributed by atoms with E-state index in [0.29, 0.717) is 11.2 Å². The van der Waals surface area contributed by atoms with Crippen molar-refractivity contribution in [1.29, 1.82) is 0 Å². The molecule has 1 aromatic carbocycles. The summed E-state index contributed by atoms with van der Waals surface area (Å²) in [6.45, 7) is 3.45. The first-order valence-corrected chi connectivity index (χ1v) is 6.54. The summed E-state index contributed by atoms with van der Waals surface area (Å²) in [5.74, 6) is 0.470. The van der Waals surface area contributed by atoms with Crippen LogP contribution in [0.4, 0.5) is 0 Å². The fourth-order valence-corrected chi connectivity index (χ4v) is 3.23. The third kappa shape index (κ3) is 2.76. The Kier molecular flexibility index (Phi) is 4.08. The summed E-state index contributed by atoms with van der Waals surface area (Å²) in [5, 5.41) is 0. The number of halogens is 1. The molecular weight excluding hydrogens is 246 g/mol. The zero-order valence-corrected chi connectivity index (χ0v) is 11.4. The minimum atomic E-state index is 0. The predicted molar refractivity (Wildman–Crippen MR) is 74.9 cm³/mol. The Morgan fingerprint density at radius 3 is 2.28 bits per heavy atom. The standard InChI is InChI=1S/C15H19NO.ClH/c17-14-6-8-15(9-7-14)11-16(12-15)10-13-4-2-1-3-5-13;/h1-5H,6-12H2;1H. The predicted octanol–water partition coefficient (Wildman–Crippen LogP) is 3.05. The Balaban J connectivity index is 0.00000120. The van der Waals surface area contributed by atoms with Crippen molar-refractivity contribution >= 4 is 18.2 Å². The molecule has 18 heavy (non-hydrogen) atoms. The maximum atomic E-state index is 11.2. The van der Waals surface area contributed by atoms with Crippen molar-refractivity contribution in [2.24, 2.45) is 5.41 Å². The molecule has 0 bridgehead atoms. The molecule has 2 aliphatic rings. The van der Waals surface area contributed by atoms with E-state index in [9.17, 15) is 4.79 Å². The molecule has 1 saturated carbocycles. The van der Waals surface area contributed by atoms with E-state index in [2.05, 4.69) is 35.2 Å². The van der Waals surface area contributed by atoms with Gasteiger partial charge >= 0.3 is 0 Å². The Morgan fingerprint density at radius 2 is 1.67 bits per heavy atom. The summed E-state index contributed by atoms with van der Waals surface area (Å²) in [4.78, 5) is 13.8. The molecule has 1 aliphatic heterocycles. The molecule has 1 spiro atoms. The second-order valence-corrected chi connectivity index (χ2v) is 5.67. The summed E-state index contributed by atoms with van der Waals surface area (Å²) >= 11 is 0. The van der Waals surface area contributed by atoms with Crippen LogP contribution in [-0.2, 0) is 11.3 Å². The van der Waals surface area contributed by atoms with Gasteiger partial charge in [-0.1, -0.05) is 30.3 Å². The molecule has 3 heteroatoms. The third-order valence-electron chi connectivity index (χ3n) is 4.24. The lowest BCUT2D eigenvalue weighted by Crippen LogP contribution is -2.56. The maximum Gasteiger partial charge on any atom is 0.132 e. The molecular formula is C15H20ClNO. The number of hydrogen-bond donors (Lipinski definition) is 0. The third-order valence-corrected chi connectivity index (χ3v) is 4.24. The molecule has 1 heterocycles. The SMILES string of the molecule is Cl.O=C1CCC2(CC1)CN(Cc1ccccc1)C2. The molecule has 1 aliphatic carbocycles. The van der Waals surface area contributed by atoms with Crippen LogP contribution in [0.25, 0.3) is 0 Å². The van der Waals surface area contributed by atoms with Crippen LogP contribution in [0, 0.1) is 5.41 Å². The van der Waals surface area contributed by atoms with Crippen LogP contribution < -0.4 is 0 Å².